The zero-order chi connectivity index (χ0) is 17.5. The van der Waals surface area contributed by atoms with Crippen molar-refractivity contribution in [2.45, 2.75) is 19.9 Å². The summed E-state index contributed by atoms with van der Waals surface area (Å²) in [5, 5.41) is 7.28. The van der Waals surface area contributed by atoms with Crippen molar-refractivity contribution in [2.75, 3.05) is 12.4 Å². The Morgan fingerprint density at radius 1 is 1.12 bits per heavy atom. The van der Waals surface area contributed by atoms with Crippen molar-refractivity contribution in [3.05, 3.63) is 58.6 Å². The van der Waals surface area contributed by atoms with E-state index in [-0.39, 0.29) is 5.91 Å². The number of nitrogens with one attached hydrogen (secondary N) is 2. The first-order valence-corrected chi connectivity index (χ1v) is 8.29. The van der Waals surface area contributed by atoms with Crippen molar-refractivity contribution in [2.24, 2.45) is 5.10 Å². The second-order valence-corrected chi connectivity index (χ2v) is 6.19. The van der Waals surface area contributed by atoms with Crippen LogP contribution in [-0.2, 0) is 4.79 Å². The maximum Gasteiger partial charge on any atom is 0.262 e. The highest BCUT2D eigenvalue weighted by molar-refractivity contribution is 9.10. The Morgan fingerprint density at radius 2 is 1.75 bits per heavy atom. The molecule has 0 aliphatic rings. The maximum atomic E-state index is 12.1. The lowest BCUT2D eigenvalue weighted by atomic mass is 10.1. The van der Waals surface area contributed by atoms with Gasteiger partial charge in [0.1, 0.15) is 11.8 Å². The van der Waals surface area contributed by atoms with E-state index >= 15 is 0 Å². The minimum atomic E-state index is -0.417. The van der Waals surface area contributed by atoms with Gasteiger partial charge in [0, 0.05) is 10.2 Å². The first kappa shape index (κ1) is 18.0. The van der Waals surface area contributed by atoms with Crippen molar-refractivity contribution in [1.82, 2.24) is 5.43 Å². The Morgan fingerprint density at radius 3 is 2.33 bits per heavy atom. The van der Waals surface area contributed by atoms with Crippen molar-refractivity contribution in [3.8, 4) is 5.75 Å². The summed E-state index contributed by atoms with van der Waals surface area (Å²) in [7, 11) is 1.62. The van der Waals surface area contributed by atoms with E-state index in [2.05, 4.69) is 31.8 Å². The van der Waals surface area contributed by atoms with Crippen LogP contribution in [0.25, 0.3) is 0 Å². The van der Waals surface area contributed by atoms with Crippen molar-refractivity contribution >= 4 is 33.2 Å². The van der Waals surface area contributed by atoms with Crippen LogP contribution in [0.4, 0.5) is 5.69 Å². The molecule has 0 aromatic heterocycles. The third-order valence-corrected chi connectivity index (χ3v) is 3.99. The molecule has 1 amide bonds. The highest BCUT2D eigenvalue weighted by Gasteiger charge is 2.12. The van der Waals surface area contributed by atoms with Gasteiger partial charge in [-0.2, -0.15) is 5.10 Å². The largest absolute Gasteiger partial charge is 0.497 e. The first-order chi connectivity index (χ1) is 11.5. The Labute approximate surface area is 150 Å². The molecule has 0 saturated carbocycles. The van der Waals surface area contributed by atoms with Gasteiger partial charge >= 0.3 is 0 Å². The molecule has 0 saturated heterocycles. The highest BCUT2D eigenvalue weighted by atomic mass is 79.9. The molecule has 2 aromatic carbocycles. The minimum absolute atomic E-state index is 0.206. The lowest BCUT2D eigenvalue weighted by Crippen LogP contribution is -2.35. The molecule has 0 fully saturated rings. The summed E-state index contributed by atoms with van der Waals surface area (Å²) in [6.45, 7) is 3.63. The van der Waals surface area contributed by atoms with Crippen LogP contribution in [0, 0.1) is 0 Å². The second-order valence-electron chi connectivity index (χ2n) is 5.27. The molecule has 0 spiro atoms. The average molecular weight is 390 g/mol. The monoisotopic (exact) mass is 389 g/mol. The summed E-state index contributed by atoms with van der Waals surface area (Å²) < 4.78 is 6.11. The van der Waals surface area contributed by atoms with Crippen LogP contribution in [0.5, 0.6) is 5.75 Å². The quantitative estimate of drug-likeness (QED) is 0.583. The number of hydrazone groups is 1. The number of rotatable bonds is 6. The standard InChI is InChI=1S/C18H20BrN3O2/c1-12(14-4-6-15(19)7-5-14)21-22-18(23)13(2)20-16-8-10-17(24-3)11-9-16/h4-11,13,20H,1-3H3,(H,22,23). The Kier molecular flexibility index (Phi) is 6.37. The molecular formula is C18H20BrN3O2. The normalized spacial score (nSPS) is 12.4. The van der Waals surface area contributed by atoms with Gasteiger partial charge in [-0.25, -0.2) is 5.43 Å². The van der Waals surface area contributed by atoms with E-state index in [9.17, 15) is 4.79 Å². The molecule has 0 aliphatic carbocycles. The summed E-state index contributed by atoms with van der Waals surface area (Å²) in [6, 6.07) is 14.7. The van der Waals surface area contributed by atoms with Crippen LogP contribution < -0.4 is 15.5 Å². The summed E-state index contributed by atoms with van der Waals surface area (Å²) >= 11 is 3.39. The van der Waals surface area contributed by atoms with Gasteiger partial charge in [0.15, 0.2) is 0 Å². The molecule has 0 aliphatic heterocycles. The molecule has 0 radical (unpaired) electrons. The first-order valence-electron chi connectivity index (χ1n) is 7.50. The van der Waals surface area contributed by atoms with Crippen molar-refractivity contribution in [1.29, 1.82) is 0 Å². The van der Waals surface area contributed by atoms with Gasteiger partial charge in [-0.15, -0.1) is 0 Å². The fraction of sp³-hybridized carbons (Fsp3) is 0.222. The maximum absolute atomic E-state index is 12.1. The molecule has 5 nitrogen and oxygen atoms in total. The third kappa shape index (κ3) is 5.09. The average Bonchev–Trinajstić information content (AvgIpc) is 2.60. The number of amides is 1. The Bertz CT molecular complexity index is 712. The summed E-state index contributed by atoms with van der Waals surface area (Å²) in [6.07, 6.45) is 0. The number of halogens is 1. The predicted octanol–water partition coefficient (Wildman–Crippen LogP) is 3.80. The van der Waals surface area contributed by atoms with Gasteiger partial charge in [-0.3, -0.25) is 4.79 Å². The van der Waals surface area contributed by atoms with Crippen LogP contribution in [0.2, 0.25) is 0 Å². The van der Waals surface area contributed by atoms with Crippen molar-refractivity contribution in [3.63, 3.8) is 0 Å². The molecule has 2 rings (SSSR count). The zero-order valence-corrected chi connectivity index (χ0v) is 15.4. The Balaban J connectivity index is 1.92. The van der Waals surface area contributed by atoms with Crippen molar-refractivity contribution < 1.29 is 9.53 Å². The Hall–Kier alpha value is -2.34. The van der Waals surface area contributed by atoms with Gasteiger partial charge in [0.05, 0.1) is 12.8 Å². The molecule has 0 bridgehead atoms. The summed E-state index contributed by atoms with van der Waals surface area (Å²) in [5.41, 5.74) is 5.12. The molecule has 2 N–H and O–H groups in total. The number of benzene rings is 2. The summed E-state index contributed by atoms with van der Waals surface area (Å²) in [4.78, 5) is 12.1. The molecule has 126 valence electrons. The number of hydrogen-bond acceptors (Lipinski definition) is 4. The van der Waals surface area contributed by atoms with E-state index in [0.717, 1.165) is 27.2 Å². The minimum Gasteiger partial charge on any atom is -0.497 e. The smallest absolute Gasteiger partial charge is 0.262 e. The number of nitrogens with zero attached hydrogens (tertiary/aromatic N) is 1. The lowest BCUT2D eigenvalue weighted by molar-refractivity contribution is -0.121. The molecule has 2 aromatic rings. The van der Waals surface area contributed by atoms with Crippen LogP contribution in [0.1, 0.15) is 19.4 Å². The van der Waals surface area contributed by atoms with E-state index in [1.54, 1.807) is 14.0 Å². The summed E-state index contributed by atoms with van der Waals surface area (Å²) in [5.74, 6) is 0.564. The zero-order valence-electron chi connectivity index (χ0n) is 13.8. The fourth-order valence-electron chi connectivity index (χ4n) is 1.99. The lowest BCUT2D eigenvalue weighted by Gasteiger charge is -2.14. The molecule has 0 heterocycles. The number of methoxy groups -OCH3 is 1. The third-order valence-electron chi connectivity index (χ3n) is 3.46. The van der Waals surface area contributed by atoms with Gasteiger partial charge in [0.25, 0.3) is 5.91 Å². The SMILES string of the molecule is COc1ccc(NC(C)C(=O)NN=C(C)c2ccc(Br)cc2)cc1. The number of hydrogen-bond donors (Lipinski definition) is 2. The molecule has 24 heavy (non-hydrogen) atoms. The van der Waals surface area contributed by atoms with E-state index in [4.69, 9.17) is 4.74 Å². The number of anilines is 1. The van der Waals surface area contributed by atoms with E-state index in [1.807, 2.05) is 55.5 Å². The number of ether oxygens (including phenoxy) is 1. The van der Waals surface area contributed by atoms with Crippen LogP contribution in [0.15, 0.2) is 58.1 Å². The second kappa shape index (κ2) is 8.49. The number of carbonyl (C=O) groups excluding carboxylic acids is 1. The van der Waals surface area contributed by atoms with E-state index in [1.165, 1.54) is 0 Å². The van der Waals surface area contributed by atoms with Gasteiger partial charge in [-0.1, -0.05) is 28.1 Å². The van der Waals surface area contributed by atoms with Crippen LogP contribution in [-0.4, -0.2) is 24.8 Å². The fourth-order valence-corrected chi connectivity index (χ4v) is 2.26. The topological polar surface area (TPSA) is 62.7 Å². The van der Waals surface area contributed by atoms with Gasteiger partial charge in [-0.05, 0) is 55.8 Å². The van der Waals surface area contributed by atoms with E-state index in [0.29, 0.717) is 0 Å². The number of carbonyl (C=O) groups is 1. The van der Waals surface area contributed by atoms with Crippen LogP contribution in [0.3, 0.4) is 0 Å². The van der Waals surface area contributed by atoms with Gasteiger partial charge in [0.2, 0.25) is 0 Å². The highest BCUT2D eigenvalue weighted by Crippen LogP contribution is 2.15. The predicted molar refractivity (Wildman–Crippen MR) is 101 cm³/mol. The molecule has 1 atom stereocenters. The molecule has 1 unspecified atom stereocenters. The molecular weight excluding hydrogens is 370 g/mol. The molecule has 6 heteroatoms. The van der Waals surface area contributed by atoms with E-state index < -0.39 is 6.04 Å². The van der Waals surface area contributed by atoms with Crippen LogP contribution >= 0.6 is 15.9 Å². The van der Waals surface area contributed by atoms with Gasteiger partial charge < -0.3 is 10.1 Å².